The zero-order valence-corrected chi connectivity index (χ0v) is 11.4. The summed E-state index contributed by atoms with van der Waals surface area (Å²) in [5.74, 6) is 0. The molecule has 0 fully saturated rings. The van der Waals surface area contributed by atoms with E-state index in [1.807, 2.05) is 50.2 Å². The van der Waals surface area contributed by atoms with Crippen molar-refractivity contribution in [2.45, 2.75) is 13.8 Å². The number of hydrogen-bond acceptors (Lipinski definition) is 2. The Kier molecular flexibility index (Phi) is 4.15. The topological polar surface area (TPSA) is 58.2 Å². The van der Waals surface area contributed by atoms with Gasteiger partial charge < -0.3 is 10.6 Å². The van der Waals surface area contributed by atoms with Crippen LogP contribution in [-0.4, -0.2) is 12.8 Å². The predicted octanol–water partition coefficient (Wildman–Crippen LogP) is 3.11. The van der Waals surface area contributed by atoms with Gasteiger partial charge in [0, 0.05) is 11.4 Å². The average molecular weight is 268 g/mol. The molecule has 0 aromatic heterocycles. The molecule has 0 atom stereocenters. The van der Waals surface area contributed by atoms with Crippen molar-refractivity contribution in [1.82, 2.24) is 0 Å². The van der Waals surface area contributed by atoms with E-state index in [2.05, 4.69) is 10.6 Å². The number of benzene rings is 2. The van der Waals surface area contributed by atoms with Gasteiger partial charge in [-0.05, 0) is 60.4 Å². The lowest BCUT2D eigenvalue weighted by atomic mass is 9.96. The molecular formula is C16H16N2O2. The summed E-state index contributed by atoms with van der Waals surface area (Å²) >= 11 is 0. The lowest BCUT2D eigenvalue weighted by Gasteiger charge is -2.12. The minimum atomic E-state index is 0.666. The van der Waals surface area contributed by atoms with E-state index >= 15 is 0 Å². The van der Waals surface area contributed by atoms with Crippen LogP contribution in [0.5, 0.6) is 0 Å². The van der Waals surface area contributed by atoms with E-state index in [-0.39, 0.29) is 0 Å². The summed E-state index contributed by atoms with van der Waals surface area (Å²) in [6.45, 7) is 4.00. The maximum atomic E-state index is 10.4. The monoisotopic (exact) mass is 268 g/mol. The molecule has 2 aromatic carbocycles. The zero-order chi connectivity index (χ0) is 14.5. The summed E-state index contributed by atoms with van der Waals surface area (Å²) in [7, 11) is 0. The van der Waals surface area contributed by atoms with Gasteiger partial charge in [0.2, 0.25) is 12.8 Å². The van der Waals surface area contributed by atoms with Gasteiger partial charge in [0.15, 0.2) is 0 Å². The number of carbonyl (C=O) groups excluding carboxylic acids is 2. The SMILES string of the molecule is Cc1cc(NC=O)ccc1-c1ccc(NC=O)cc1C. The number of nitrogens with one attached hydrogen (secondary N) is 2. The van der Waals surface area contributed by atoms with Crippen LogP contribution >= 0.6 is 0 Å². The summed E-state index contributed by atoms with van der Waals surface area (Å²) in [5, 5.41) is 5.28. The van der Waals surface area contributed by atoms with Crippen LogP contribution in [-0.2, 0) is 9.59 Å². The Morgan fingerprint density at radius 2 is 1.15 bits per heavy atom. The molecule has 0 saturated heterocycles. The molecule has 2 amide bonds. The zero-order valence-electron chi connectivity index (χ0n) is 11.4. The quantitative estimate of drug-likeness (QED) is 0.819. The van der Waals surface area contributed by atoms with E-state index in [1.165, 1.54) is 0 Å². The van der Waals surface area contributed by atoms with Crippen LogP contribution in [0.3, 0.4) is 0 Å². The molecule has 102 valence electrons. The number of hydrogen-bond donors (Lipinski definition) is 2. The molecule has 0 saturated carbocycles. The molecule has 0 bridgehead atoms. The summed E-state index contributed by atoms with van der Waals surface area (Å²) in [6, 6.07) is 11.6. The highest BCUT2D eigenvalue weighted by Gasteiger charge is 2.06. The first-order valence-corrected chi connectivity index (χ1v) is 6.27. The predicted molar refractivity (Wildman–Crippen MR) is 80.7 cm³/mol. The molecule has 4 heteroatoms. The summed E-state index contributed by atoms with van der Waals surface area (Å²) in [4.78, 5) is 20.9. The van der Waals surface area contributed by atoms with Crippen LogP contribution in [0.2, 0.25) is 0 Å². The van der Waals surface area contributed by atoms with Crippen LogP contribution in [0.1, 0.15) is 11.1 Å². The van der Waals surface area contributed by atoms with Crippen molar-refractivity contribution in [3.63, 3.8) is 0 Å². The van der Waals surface area contributed by atoms with E-state index < -0.39 is 0 Å². The number of rotatable bonds is 5. The van der Waals surface area contributed by atoms with Gasteiger partial charge in [-0.1, -0.05) is 12.1 Å². The Bertz CT molecular complexity index is 593. The second-order valence-electron chi connectivity index (χ2n) is 4.58. The maximum absolute atomic E-state index is 10.4. The molecular weight excluding hydrogens is 252 g/mol. The first-order chi connectivity index (χ1) is 9.65. The van der Waals surface area contributed by atoms with Crippen LogP contribution in [0.4, 0.5) is 11.4 Å². The molecule has 0 spiro atoms. The molecule has 20 heavy (non-hydrogen) atoms. The molecule has 0 aliphatic heterocycles. The van der Waals surface area contributed by atoms with Crippen LogP contribution < -0.4 is 10.6 Å². The van der Waals surface area contributed by atoms with E-state index in [0.717, 1.165) is 33.6 Å². The summed E-state index contributed by atoms with van der Waals surface area (Å²) in [5.41, 5.74) is 5.93. The van der Waals surface area contributed by atoms with Crippen LogP contribution in [0.15, 0.2) is 36.4 Å². The van der Waals surface area contributed by atoms with Gasteiger partial charge >= 0.3 is 0 Å². The van der Waals surface area contributed by atoms with Crippen molar-refractivity contribution in [1.29, 1.82) is 0 Å². The van der Waals surface area contributed by atoms with Crippen molar-refractivity contribution >= 4 is 24.2 Å². The number of anilines is 2. The Morgan fingerprint density at radius 3 is 1.45 bits per heavy atom. The minimum absolute atomic E-state index is 0.666. The van der Waals surface area contributed by atoms with Gasteiger partial charge in [0.1, 0.15) is 0 Å². The van der Waals surface area contributed by atoms with E-state index in [1.54, 1.807) is 0 Å². The standard InChI is InChI=1S/C16H16N2O2/c1-11-7-13(17-9-19)3-5-15(11)16-6-4-14(18-10-20)8-12(16)2/h3-10H,1-2H3,(H,17,19)(H,18,20). The first-order valence-electron chi connectivity index (χ1n) is 6.27. The Hall–Kier alpha value is -2.62. The van der Waals surface area contributed by atoms with Gasteiger partial charge in [-0.2, -0.15) is 0 Å². The lowest BCUT2D eigenvalue weighted by Crippen LogP contribution is -1.97. The van der Waals surface area contributed by atoms with Gasteiger partial charge in [-0.25, -0.2) is 0 Å². The van der Waals surface area contributed by atoms with Crippen molar-refractivity contribution in [3.05, 3.63) is 47.5 Å². The molecule has 0 heterocycles. The second kappa shape index (κ2) is 6.02. The highest BCUT2D eigenvalue weighted by Crippen LogP contribution is 2.30. The Labute approximate surface area is 117 Å². The van der Waals surface area contributed by atoms with Gasteiger partial charge in [0.25, 0.3) is 0 Å². The van der Waals surface area contributed by atoms with Crippen molar-refractivity contribution < 1.29 is 9.59 Å². The molecule has 0 radical (unpaired) electrons. The third kappa shape index (κ3) is 2.85. The highest BCUT2D eigenvalue weighted by atomic mass is 16.1. The summed E-state index contributed by atoms with van der Waals surface area (Å²) in [6.07, 6.45) is 1.33. The van der Waals surface area contributed by atoms with E-state index in [0.29, 0.717) is 12.8 Å². The highest BCUT2D eigenvalue weighted by molar-refractivity contribution is 5.79. The molecule has 2 N–H and O–H groups in total. The largest absolute Gasteiger partial charge is 0.329 e. The summed E-state index contributed by atoms with van der Waals surface area (Å²) < 4.78 is 0. The minimum Gasteiger partial charge on any atom is -0.329 e. The van der Waals surface area contributed by atoms with Gasteiger partial charge in [-0.15, -0.1) is 0 Å². The molecule has 4 nitrogen and oxygen atoms in total. The van der Waals surface area contributed by atoms with Gasteiger partial charge in [-0.3, -0.25) is 9.59 Å². The number of amides is 2. The third-order valence-corrected chi connectivity index (χ3v) is 3.19. The van der Waals surface area contributed by atoms with Gasteiger partial charge in [0.05, 0.1) is 0 Å². The molecule has 0 aliphatic carbocycles. The maximum Gasteiger partial charge on any atom is 0.211 e. The Morgan fingerprint density at radius 1 is 0.750 bits per heavy atom. The fourth-order valence-electron chi connectivity index (χ4n) is 2.25. The fraction of sp³-hybridized carbons (Fsp3) is 0.125. The molecule has 2 rings (SSSR count). The molecule has 0 aliphatic rings. The first kappa shape index (κ1) is 13.8. The van der Waals surface area contributed by atoms with Crippen molar-refractivity contribution in [2.24, 2.45) is 0 Å². The lowest BCUT2D eigenvalue weighted by molar-refractivity contribution is -0.106. The molecule has 2 aromatic rings. The second-order valence-corrected chi connectivity index (χ2v) is 4.58. The average Bonchev–Trinajstić information content (AvgIpc) is 2.41. The van der Waals surface area contributed by atoms with E-state index in [4.69, 9.17) is 0 Å². The number of aryl methyl sites for hydroxylation is 2. The van der Waals surface area contributed by atoms with Crippen LogP contribution in [0.25, 0.3) is 11.1 Å². The smallest absolute Gasteiger partial charge is 0.211 e. The fourth-order valence-corrected chi connectivity index (χ4v) is 2.25. The van der Waals surface area contributed by atoms with E-state index in [9.17, 15) is 9.59 Å². The third-order valence-electron chi connectivity index (χ3n) is 3.19. The van der Waals surface area contributed by atoms with Crippen LogP contribution in [0, 0.1) is 13.8 Å². The normalized spacial score (nSPS) is 9.90. The Balaban J connectivity index is 2.40. The number of carbonyl (C=O) groups is 2. The van der Waals surface area contributed by atoms with Crippen molar-refractivity contribution in [2.75, 3.05) is 10.6 Å². The van der Waals surface area contributed by atoms with Crippen molar-refractivity contribution in [3.8, 4) is 11.1 Å². The molecule has 0 unspecified atom stereocenters.